The first-order valence-electron chi connectivity index (χ1n) is 11.4. The van der Waals surface area contributed by atoms with Crippen molar-refractivity contribution in [2.24, 2.45) is 5.73 Å². The number of halogens is 1. The third-order valence-electron chi connectivity index (χ3n) is 6.32. The number of aliphatic carboxylic acids is 1. The fourth-order valence-corrected chi connectivity index (χ4v) is 4.64. The number of carbonyl (C=O) groups is 3. The second kappa shape index (κ2) is 8.78. The second-order valence-electron chi connectivity index (χ2n) is 9.97. The molecule has 0 saturated heterocycles. The van der Waals surface area contributed by atoms with E-state index in [1.54, 1.807) is 63.2 Å². The molecule has 0 radical (unpaired) electrons. The minimum absolute atomic E-state index is 0.282. The molecule has 4 rings (SSSR count). The number of primary amides is 1. The maximum Gasteiger partial charge on any atom is 0.415 e. The van der Waals surface area contributed by atoms with Crippen molar-refractivity contribution in [2.45, 2.75) is 44.8 Å². The number of ether oxygens (including phenoxy) is 1. The zero-order valence-corrected chi connectivity index (χ0v) is 20.4. The topological polar surface area (TPSA) is 110 Å². The molecule has 2 atom stereocenters. The molecule has 2 unspecified atom stereocenters. The first kappa shape index (κ1) is 24.9. The summed E-state index contributed by atoms with van der Waals surface area (Å²) >= 11 is 0. The van der Waals surface area contributed by atoms with Gasteiger partial charge < -0.3 is 15.6 Å². The number of anilines is 1. The Morgan fingerprint density at radius 2 is 1.56 bits per heavy atom. The predicted octanol–water partition coefficient (Wildman–Crippen LogP) is 5.32. The van der Waals surface area contributed by atoms with Crippen LogP contribution in [-0.4, -0.2) is 34.2 Å². The highest BCUT2D eigenvalue weighted by atomic mass is 19.1. The van der Waals surface area contributed by atoms with Crippen LogP contribution < -0.4 is 10.6 Å². The summed E-state index contributed by atoms with van der Waals surface area (Å²) in [7, 11) is 0. The lowest BCUT2D eigenvalue weighted by Crippen LogP contribution is -2.56. The molecule has 0 spiro atoms. The summed E-state index contributed by atoms with van der Waals surface area (Å²) in [5, 5.41) is 10.5. The smallest absolute Gasteiger partial charge is 0.415 e. The number of nitrogens with two attached hydrogens (primary N) is 1. The van der Waals surface area contributed by atoms with Crippen LogP contribution in [-0.2, 0) is 9.53 Å². The number of carboxylic acids is 1. The van der Waals surface area contributed by atoms with Crippen LogP contribution in [0.1, 0.15) is 55.1 Å². The number of hydrogen-bond donors (Lipinski definition) is 2. The van der Waals surface area contributed by atoms with Crippen molar-refractivity contribution in [3.8, 4) is 11.1 Å². The highest BCUT2D eigenvalue weighted by Crippen LogP contribution is 2.52. The number of hydrogen-bond acceptors (Lipinski definition) is 4. The van der Waals surface area contributed by atoms with Gasteiger partial charge in [-0.2, -0.15) is 0 Å². The minimum Gasteiger partial charge on any atom is -0.479 e. The largest absolute Gasteiger partial charge is 0.479 e. The van der Waals surface area contributed by atoms with Gasteiger partial charge in [-0.3, -0.25) is 9.69 Å². The molecule has 1 heterocycles. The normalized spacial score (nSPS) is 19.0. The molecule has 3 aromatic carbocycles. The van der Waals surface area contributed by atoms with Gasteiger partial charge in [-0.15, -0.1) is 0 Å². The molecule has 36 heavy (non-hydrogen) atoms. The average molecular weight is 491 g/mol. The van der Waals surface area contributed by atoms with Gasteiger partial charge in [0.1, 0.15) is 11.4 Å². The van der Waals surface area contributed by atoms with E-state index in [1.807, 2.05) is 0 Å². The van der Waals surface area contributed by atoms with Crippen LogP contribution in [0.5, 0.6) is 0 Å². The number of carboxylic acid groups (broad SMARTS) is 1. The predicted molar refractivity (Wildman–Crippen MR) is 133 cm³/mol. The molecule has 0 saturated carbocycles. The lowest BCUT2D eigenvalue weighted by atomic mass is 9.78. The first-order chi connectivity index (χ1) is 16.8. The first-order valence-corrected chi connectivity index (χ1v) is 11.4. The van der Waals surface area contributed by atoms with Gasteiger partial charge in [0.05, 0.1) is 5.69 Å². The quantitative estimate of drug-likeness (QED) is 0.514. The number of fused-ring (bicyclic) bond motifs is 1. The molecule has 2 amide bonds. The fraction of sp³-hybridized carbons (Fsp3) is 0.250. The molecule has 0 bridgehead atoms. The SMILES string of the molecule is CC(C)(C)OC(=O)N1c2cc(-c3ccc(F)cc3)ccc2C(c2ccc(C(N)=O)cc2)C1(C)C(=O)O. The van der Waals surface area contributed by atoms with Crippen LogP contribution in [0.3, 0.4) is 0 Å². The van der Waals surface area contributed by atoms with Gasteiger partial charge in [0.15, 0.2) is 5.54 Å². The Hall–Kier alpha value is -4.20. The molecule has 186 valence electrons. The molecule has 1 aliphatic rings. The van der Waals surface area contributed by atoms with Gasteiger partial charge in [-0.05, 0) is 80.3 Å². The van der Waals surface area contributed by atoms with Gasteiger partial charge in [0.25, 0.3) is 0 Å². The molecule has 0 aliphatic carbocycles. The molecule has 3 N–H and O–H groups in total. The standard InChI is InChI=1S/C28H27FN2O5/c1-27(2,3)36-26(35)31-22-15-19(16-9-12-20(29)13-10-16)11-14-21(22)23(28(31,4)25(33)34)17-5-7-18(8-6-17)24(30)32/h5-15,23H,1-4H3,(H2,30,32)(H,33,34). The Morgan fingerprint density at radius 3 is 2.08 bits per heavy atom. The summed E-state index contributed by atoms with van der Waals surface area (Å²) in [5.41, 5.74) is 5.98. The molecule has 8 heteroatoms. The number of benzene rings is 3. The summed E-state index contributed by atoms with van der Waals surface area (Å²) < 4.78 is 19.1. The maximum absolute atomic E-state index is 13.5. The number of rotatable bonds is 4. The van der Waals surface area contributed by atoms with E-state index in [9.17, 15) is 23.9 Å². The molecule has 0 fully saturated rings. The third-order valence-corrected chi connectivity index (χ3v) is 6.32. The lowest BCUT2D eigenvalue weighted by molar-refractivity contribution is -0.143. The van der Waals surface area contributed by atoms with E-state index in [0.29, 0.717) is 27.9 Å². The van der Waals surface area contributed by atoms with E-state index in [2.05, 4.69) is 0 Å². The van der Waals surface area contributed by atoms with Crippen molar-refractivity contribution >= 4 is 23.7 Å². The van der Waals surface area contributed by atoms with Crippen LogP contribution in [0.4, 0.5) is 14.9 Å². The summed E-state index contributed by atoms with van der Waals surface area (Å²) in [5.74, 6) is -2.99. The highest BCUT2D eigenvalue weighted by Gasteiger charge is 2.58. The van der Waals surface area contributed by atoms with E-state index in [-0.39, 0.29) is 11.4 Å². The van der Waals surface area contributed by atoms with E-state index in [1.165, 1.54) is 36.1 Å². The van der Waals surface area contributed by atoms with Gasteiger partial charge in [-0.25, -0.2) is 14.0 Å². The number of carbonyl (C=O) groups excluding carboxylic acids is 2. The molecule has 0 aromatic heterocycles. The molecule has 1 aliphatic heterocycles. The monoisotopic (exact) mass is 490 g/mol. The fourth-order valence-electron chi connectivity index (χ4n) is 4.64. The Bertz CT molecular complexity index is 1350. The minimum atomic E-state index is -1.75. The van der Waals surface area contributed by atoms with Gasteiger partial charge in [-0.1, -0.05) is 36.4 Å². The third kappa shape index (κ3) is 4.30. The zero-order valence-electron chi connectivity index (χ0n) is 20.4. The van der Waals surface area contributed by atoms with Crippen LogP contribution in [0.15, 0.2) is 66.7 Å². The van der Waals surface area contributed by atoms with Crippen molar-refractivity contribution in [1.29, 1.82) is 0 Å². The number of nitrogens with zero attached hydrogens (tertiary/aromatic N) is 1. The van der Waals surface area contributed by atoms with Crippen LogP contribution in [0.25, 0.3) is 11.1 Å². The Balaban J connectivity index is 1.94. The van der Waals surface area contributed by atoms with E-state index < -0.39 is 35.0 Å². The summed E-state index contributed by atoms with van der Waals surface area (Å²) in [4.78, 5) is 39.1. The van der Waals surface area contributed by atoms with Crippen molar-refractivity contribution in [2.75, 3.05) is 4.90 Å². The summed E-state index contributed by atoms with van der Waals surface area (Å²) in [6.45, 7) is 6.59. The lowest BCUT2D eigenvalue weighted by Gasteiger charge is -2.36. The van der Waals surface area contributed by atoms with Crippen LogP contribution >= 0.6 is 0 Å². The number of amides is 2. The van der Waals surface area contributed by atoms with Crippen molar-refractivity contribution in [3.63, 3.8) is 0 Å². The average Bonchev–Trinajstić information content (AvgIpc) is 3.07. The van der Waals surface area contributed by atoms with E-state index >= 15 is 0 Å². The van der Waals surface area contributed by atoms with Gasteiger partial charge >= 0.3 is 12.1 Å². The zero-order chi connectivity index (χ0) is 26.4. The Kier molecular flexibility index (Phi) is 6.08. The second-order valence-corrected chi connectivity index (χ2v) is 9.97. The van der Waals surface area contributed by atoms with Crippen LogP contribution in [0, 0.1) is 5.82 Å². The summed E-state index contributed by atoms with van der Waals surface area (Å²) in [6, 6.07) is 17.5. The molecular formula is C28H27FN2O5. The van der Waals surface area contributed by atoms with Gasteiger partial charge in [0.2, 0.25) is 5.91 Å². The molecular weight excluding hydrogens is 463 g/mol. The van der Waals surface area contributed by atoms with Crippen molar-refractivity contribution in [3.05, 3.63) is 89.2 Å². The van der Waals surface area contributed by atoms with E-state index in [4.69, 9.17) is 10.5 Å². The molecule has 7 nitrogen and oxygen atoms in total. The van der Waals surface area contributed by atoms with E-state index in [0.717, 1.165) is 0 Å². The van der Waals surface area contributed by atoms with Gasteiger partial charge in [0, 0.05) is 11.5 Å². The summed E-state index contributed by atoms with van der Waals surface area (Å²) in [6.07, 6.45) is -0.804. The van der Waals surface area contributed by atoms with Crippen LogP contribution in [0.2, 0.25) is 0 Å². The Labute approximate surface area is 208 Å². The Morgan fingerprint density at radius 1 is 0.972 bits per heavy atom. The molecule has 3 aromatic rings. The highest BCUT2D eigenvalue weighted by molar-refractivity contribution is 6.04. The maximum atomic E-state index is 13.5. The van der Waals surface area contributed by atoms with Crippen molar-refractivity contribution < 1.29 is 28.6 Å². The van der Waals surface area contributed by atoms with Crippen molar-refractivity contribution in [1.82, 2.24) is 0 Å².